The monoisotopic (exact) mass is 378 g/mol. The van der Waals surface area contributed by atoms with Gasteiger partial charge >= 0.3 is 5.97 Å². The van der Waals surface area contributed by atoms with Crippen LogP contribution in [0.15, 0.2) is 53.1 Å². The smallest absolute Gasteiger partial charge is 0.339 e. The van der Waals surface area contributed by atoms with Crippen LogP contribution in [0.1, 0.15) is 36.5 Å². The van der Waals surface area contributed by atoms with Crippen molar-refractivity contribution in [3.8, 4) is 11.5 Å². The lowest BCUT2D eigenvalue weighted by Gasteiger charge is -2.33. The average molecular weight is 378 g/mol. The molecule has 1 aliphatic rings. The highest BCUT2D eigenvalue weighted by molar-refractivity contribution is 6.05. The van der Waals surface area contributed by atoms with Crippen molar-refractivity contribution in [2.75, 3.05) is 13.2 Å². The van der Waals surface area contributed by atoms with E-state index in [1.165, 1.54) is 0 Å². The van der Waals surface area contributed by atoms with Crippen molar-refractivity contribution < 1.29 is 18.7 Å². The number of hydrogen-bond acceptors (Lipinski definition) is 5. The number of likely N-dealkylation sites (tertiary alicyclic amines) is 1. The molecule has 1 saturated heterocycles. The van der Waals surface area contributed by atoms with E-state index in [9.17, 15) is 9.59 Å². The zero-order valence-corrected chi connectivity index (χ0v) is 15.8. The third kappa shape index (κ3) is 3.63. The molecule has 0 bridgehead atoms. The van der Waals surface area contributed by atoms with Gasteiger partial charge in [-0.2, -0.15) is 0 Å². The van der Waals surface area contributed by atoms with Gasteiger partial charge in [-0.3, -0.25) is 4.79 Å². The zero-order chi connectivity index (χ0) is 19.5. The Hall–Kier alpha value is -3.15. The van der Waals surface area contributed by atoms with E-state index in [4.69, 9.17) is 9.15 Å². The normalized spacial score (nSPS) is 16.9. The molecule has 6 nitrogen and oxygen atoms in total. The van der Waals surface area contributed by atoms with Crippen molar-refractivity contribution in [2.24, 2.45) is 0 Å². The van der Waals surface area contributed by atoms with Crippen LogP contribution < -0.4 is 0 Å². The second kappa shape index (κ2) is 7.84. The van der Waals surface area contributed by atoms with Crippen LogP contribution in [0.2, 0.25) is 0 Å². The van der Waals surface area contributed by atoms with Gasteiger partial charge in [-0.25, -0.2) is 9.78 Å². The Morgan fingerprint density at radius 1 is 1.21 bits per heavy atom. The molecule has 6 heteroatoms. The molecule has 144 valence electrons. The summed E-state index contributed by atoms with van der Waals surface area (Å²) >= 11 is 0. The Labute approximate surface area is 163 Å². The third-order valence-electron chi connectivity index (χ3n) is 5.16. The first kappa shape index (κ1) is 18.2. The maximum atomic E-state index is 12.8. The maximum Gasteiger partial charge on any atom is 0.339 e. The van der Waals surface area contributed by atoms with Crippen LogP contribution >= 0.6 is 0 Å². The average Bonchev–Trinajstić information content (AvgIpc) is 3.26. The standard InChI is InChI=1S/C22H22N2O4/c1-15-7-4-5-11-24(15)21(25)14-28-22(26)17-13-19(20-10-6-12-27-20)23-18-9-3-2-8-16(17)18/h2-3,6,8-10,12-13,15H,4-5,7,11,14H2,1H3. The van der Waals surface area contributed by atoms with Gasteiger partial charge < -0.3 is 14.1 Å². The predicted molar refractivity (Wildman–Crippen MR) is 105 cm³/mol. The highest BCUT2D eigenvalue weighted by Crippen LogP contribution is 2.26. The van der Waals surface area contributed by atoms with Gasteiger partial charge in [0.15, 0.2) is 12.4 Å². The fourth-order valence-corrected chi connectivity index (χ4v) is 3.65. The van der Waals surface area contributed by atoms with E-state index in [0.29, 0.717) is 27.9 Å². The highest BCUT2D eigenvalue weighted by atomic mass is 16.5. The maximum absolute atomic E-state index is 12.8. The number of esters is 1. The summed E-state index contributed by atoms with van der Waals surface area (Å²) < 4.78 is 10.8. The molecule has 1 fully saturated rings. The van der Waals surface area contributed by atoms with Crippen molar-refractivity contribution in [2.45, 2.75) is 32.2 Å². The second-order valence-electron chi connectivity index (χ2n) is 7.06. The number of furan rings is 1. The first-order chi connectivity index (χ1) is 13.6. The van der Waals surface area contributed by atoms with Gasteiger partial charge in [0, 0.05) is 18.0 Å². The van der Waals surface area contributed by atoms with Crippen molar-refractivity contribution in [1.82, 2.24) is 9.88 Å². The first-order valence-corrected chi connectivity index (χ1v) is 9.54. The number of aromatic nitrogens is 1. The van der Waals surface area contributed by atoms with Crippen LogP contribution in [0, 0.1) is 0 Å². The lowest BCUT2D eigenvalue weighted by Crippen LogP contribution is -2.44. The van der Waals surface area contributed by atoms with Crippen molar-refractivity contribution >= 4 is 22.8 Å². The predicted octanol–water partition coefficient (Wildman–Crippen LogP) is 4.05. The SMILES string of the molecule is CC1CCCCN1C(=O)COC(=O)c1cc(-c2ccco2)nc2ccccc12. The van der Waals surface area contributed by atoms with Crippen molar-refractivity contribution in [1.29, 1.82) is 0 Å². The number of amides is 1. The lowest BCUT2D eigenvalue weighted by atomic mass is 10.0. The van der Waals surface area contributed by atoms with Crippen LogP contribution in [0.4, 0.5) is 0 Å². The molecule has 1 aliphatic heterocycles. The van der Waals surface area contributed by atoms with E-state index >= 15 is 0 Å². The minimum atomic E-state index is -0.538. The van der Waals surface area contributed by atoms with Gasteiger partial charge in [0.2, 0.25) is 0 Å². The number of pyridine rings is 1. The number of benzene rings is 1. The zero-order valence-electron chi connectivity index (χ0n) is 15.8. The molecule has 0 spiro atoms. The van der Waals surface area contributed by atoms with Gasteiger partial charge in [0.1, 0.15) is 5.69 Å². The van der Waals surface area contributed by atoms with E-state index in [1.54, 1.807) is 29.4 Å². The molecule has 2 aromatic heterocycles. The molecular formula is C22H22N2O4. The number of piperidine rings is 1. The van der Waals surface area contributed by atoms with Gasteiger partial charge in [-0.1, -0.05) is 18.2 Å². The molecule has 0 N–H and O–H groups in total. The Morgan fingerprint density at radius 2 is 2.07 bits per heavy atom. The Balaban J connectivity index is 1.57. The molecule has 4 rings (SSSR count). The summed E-state index contributed by atoms with van der Waals surface area (Å²) in [5, 5.41) is 0.682. The topological polar surface area (TPSA) is 72.6 Å². The van der Waals surface area contributed by atoms with Crippen LogP contribution in [-0.4, -0.2) is 41.0 Å². The fraction of sp³-hybridized carbons (Fsp3) is 0.318. The fourth-order valence-electron chi connectivity index (χ4n) is 3.65. The largest absolute Gasteiger partial charge is 0.463 e. The van der Waals surface area contributed by atoms with Gasteiger partial charge in [-0.15, -0.1) is 0 Å². The van der Waals surface area contributed by atoms with Gasteiger partial charge in [-0.05, 0) is 50.5 Å². The van der Waals surface area contributed by atoms with Gasteiger partial charge in [0.25, 0.3) is 5.91 Å². The molecule has 1 aromatic carbocycles. The summed E-state index contributed by atoms with van der Waals surface area (Å²) in [4.78, 5) is 31.6. The summed E-state index contributed by atoms with van der Waals surface area (Å²) in [5.41, 5.74) is 1.59. The molecular weight excluding hydrogens is 356 g/mol. The number of carbonyl (C=O) groups is 2. The quantitative estimate of drug-likeness (QED) is 0.641. The Bertz CT molecular complexity index is 997. The molecule has 1 amide bonds. The number of ether oxygens (including phenoxy) is 1. The molecule has 0 aliphatic carbocycles. The summed E-state index contributed by atoms with van der Waals surface area (Å²) in [6, 6.07) is 12.7. The number of hydrogen-bond donors (Lipinski definition) is 0. The third-order valence-corrected chi connectivity index (χ3v) is 5.16. The molecule has 1 atom stereocenters. The summed E-state index contributed by atoms with van der Waals surface area (Å²) in [6.07, 6.45) is 4.67. The van der Waals surface area contributed by atoms with E-state index in [2.05, 4.69) is 4.98 Å². The van der Waals surface area contributed by atoms with Gasteiger partial charge in [0.05, 0.1) is 17.3 Å². The molecule has 0 radical (unpaired) electrons. The number of para-hydroxylation sites is 1. The van der Waals surface area contributed by atoms with E-state index in [1.807, 2.05) is 31.2 Å². The number of fused-ring (bicyclic) bond motifs is 1. The summed E-state index contributed by atoms with van der Waals surface area (Å²) in [6.45, 7) is 2.50. The van der Waals surface area contributed by atoms with Crippen LogP contribution in [0.25, 0.3) is 22.4 Å². The van der Waals surface area contributed by atoms with Crippen LogP contribution in [0.3, 0.4) is 0 Å². The Kier molecular flexibility index (Phi) is 5.10. The number of nitrogens with zero attached hydrogens (tertiary/aromatic N) is 2. The van der Waals surface area contributed by atoms with Crippen molar-refractivity contribution in [3.63, 3.8) is 0 Å². The minimum absolute atomic E-state index is 0.148. The first-order valence-electron chi connectivity index (χ1n) is 9.54. The summed E-state index contributed by atoms with van der Waals surface area (Å²) in [7, 11) is 0. The Morgan fingerprint density at radius 3 is 2.86 bits per heavy atom. The van der Waals surface area contributed by atoms with Crippen LogP contribution in [0.5, 0.6) is 0 Å². The van der Waals surface area contributed by atoms with E-state index in [-0.39, 0.29) is 18.6 Å². The van der Waals surface area contributed by atoms with Crippen molar-refractivity contribution in [3.05, 3.63) is 54.3 Å². The summed E-state index contributed by atoms with van der Waals surface area (Å²) in [5.74, 6) is -0.118. The molecule has 0 saturated carbocycles. The van der Waals surface area contributed by atoms with E-state index < -0.39 is 5.97 Å². The molecule has 3 heterocycles. The molecule has 3 aromatic rings. The van der Waals surface area contributed by atoms with Crippen LogP contribution in [-0.2, 0) is 9.53 Å². The van der Waals surface area contributed by atoms with E-state index in [0.717, 1.165) is 25.8 Å². The molecule has 1 unspecified atom stereocenters. The minimum Gasteiger partial charge on any atom is -0.463 e. The lowest BCUT2D eigenvalue weighted by molar-refractivity contribution is -0.137. The second-order valence-corrected chi connectivity index (χ2v) is 7.06. The highest BCUT2D eigenvalue weighted by Gasteiger charge is 2.24. The number of carbonyl (C=O) groups excluding carboxylic acids is 2. The number of rotatable bonds is 4. The molecule has 28 heavy (non-hydrogen) atoms.